The summed E-state index contributed by atoms with van der Waals surface area (Å²) in [5, 5.41) is 13.4. The van der Waals surface area contributed by atoms with Gasteiger partial charge in [-0.1, -0.05) is 0 Å². The second kappa shape index (κ2) is 8.48. The third-order valence-corrected chi connectivity index (χ3v) is 10.9. The molecule has 0 spiro atoms. The number of benzene rings is 1. The Labute approximate surface area is 207 Å². The van der Waals surface area contributed by atoms with Gasteiger partial charge in [-0.2, -0.15) is 0 Å². The molecular formula is C27H32GeN2O5. The predicted molar refractivity (Wildman–Crippen MR) is 138 cm³/mol. The minimum absolute atomic E-state index is 0.122. The average Bonchev–Trinajstić information content (AvgIpc) is 3.18. The maximum atomic E-state index is 13.6. The van der Waals surface area contributed by atoms with Crippen molar-refractivity contribution >= 4 is 30.1 Å². The molecule has 2 aliphatic rings. The summed E-state index contributed by atoms with van der Waals surface area (Å²) >= 11 is -1.86. The molecule has 0 saturated carbocycles. The third kappa shape index (κ3) is 3.89. The molecule has 0 amide bonds. The standard InChI is InChI=1S/C27H32GeN2O5/c1-6-27(33)21-13-23-24-19(14-30(23)25(31)20(21)15-35-26(27)32)17(10-11-28(3,4)5)18-12-16(34-7-2)8-9-22(18)29-24/h8-9,12-13,33H,6-7,10-11,14-15H2,1-5H3/t27-/m0/s1. The summed E-state index contributed by atoms with van der Waals surface area (Å²) in [4.78, 5) is 31.0. The Hall–Kier alpha value is -2.65. The summed E-state index contributed by atoms with van der Waals surface area (Å²) in [6.07, 6.45) is 1.05. The van der Waals surface area contributed by atoms with E-state index in [9.17, 15) is 14.7 Å². The monoisotopic (exact) mass is 538 g/mol. The molecule has 1 atom stereocenters. The Morgan fingerprint density at radius 1 is 1.17 bits per heavy atom. The molecule has 4 heterocycles. The topological polar surface area (TPSA) is 90.7 Å². The first-order valence-corrected chi connectivity index (χ1v) is 20.1. The Morgan fingerprint density at radius 2 is 1.94 bits per heavy atom. The molecule has 3 aromatic rings. The molecule has 2 aromatic heterocycles. The number of aromatic nitrogens is 2. The van der Waals surface area contributed by atoms with Gasteiger partial charge < -0.3 is 0 Å². The predicted octanol–water partition coefficient (Wildman–Crippen LogP) is 4.36. The number of fused-ring (bicyclic) bond motifs is 5. The van der Waals surface area contributed by atoms with E-state index < -0.39 is 24.8 Å². The molecule has 0 fully saturated rings. The van der Waals surface area contributed by atoms with E-state index in [1.165, 1.54) is 5.56 Å². The number of aliphatic hydroxyl groups is 1. The summed E-state index contributed by atoms with van der Waals surface area (Å²) in [5.74, 6) is 7.33. The van der Waals surface area contributed by atoms with Crippen molar-refractivity contribution in [2.24, 2.45) is 0 Å². The van der Waals surface area contributed by atoms with Crippen LogP contribution in [-0.2, 0) is 34.7 Å². The SMILES string of the molecule is CCOc1ccc2nc3c(c(C[CH2][Ge]([CH3])([CH3])[CH3])c2c1)Cn1c-3cc2c(c1=O)COC(=O)[C@]2(O)CC. The summed E-state index contributed by atoms with van der Waals surface area (Å²) in [7, 11) is 0. The van der Waals surface area contributed by atoms with Crippen LogP contribution in [0.4, 0.5) is 0 Å². The van der Waals surface area contributed by atoms with Crippen molar-refractivity contribution in [1.82, 2.24) is 9.55 Å². The molecule has 184 valence electrons. The number of ether oxygens (including phenoxy) is 2. The summed E-state index contributed by atoms with van der Waals surface area (Å²) in [6, 6.07) is 7.75. The zero-order valence-electron chi connectivity index (χ0n) is 21.0. The molecule has 0 bridgehead atoms. The number of rotatable bonds is 6. The van der Waals surface area contributed by atoms with Gasteiger partial charge in [-0.3, -0.25) is 0 Å². The first-order chi connectivity index (χ1) is 16.6. The number of nitrogens with zero attached hydrogens (tertiary/aromatic N) is 2. The number of carbonyl (C=O) groups is 1. The van der Waals surface area contributed by atoms with Gasteiger partial charge in [-0.15, -0.1) is 0 Å². The zero-order valence-corrected chi connectivity index (χ0v) is 23.1. The van der Waals surface area contributed by atoms with Crippen molar-refractivity contribution in [1.29, 1.82) is 0 Å². The van der Waals surface area contributed by atoms with E-state index >= 15 is 0 Å². The van der Waals surface area contributed by atoms with E-state index in [1.54, 1.807) is 17.6 Å². The molecule has 0 radical (unpaired) electrons. The first-order valence-electron chi connectivity index (χ1n) is 12.3. The number of hydrogen-bond acceptors (Lipinski definition) is 6. The fourth-order valence-electron chi connectivity index (χ4n) is 5.18. The van der Waals surface area contributed by atoms with Gasteiger partial charge in [-0.05, 0) is 0 Å². The van der Waals surface area contributed by atoms with Gasteiger partial charge in [0.1, 0.15) is 0 Å². The van der Waals surface area contributed by atoms with Gasteiger partial charge in [-0.25, -0.2) is 0 Å². The van der Waals surface area contributed by atoms with Crippen LogP contribution in [-0.4, -0.2) is 40.5 Å². The Balaban J connectivity index is 1.75. The molecule has 0 saturated heterocycles. The first kappa shape index (κ1) is 24.1. The molecule has 7 nitrogen and oxygen atoms in total. The van der Waals surface area contributed by atoms with Gasteiger partial charge >= 0.3 is 208 Å². The number of cyclic esters (lactones) is 1. The van der Waals surface area contributed by atoms with E-state index in [0.29, 0.717) is 30.0 Å². The average molecular weight is 537 g/mol. The van der Waals surface area contributed by atoms with Crippen LogP contribution in [0.1, 0.15) is 42.5 Å². The second-order valence-corrected chi connectivity index (χ2v) is 22.5. The molecule has 1 N–H and O–H groups in total. The van der Waals surface area contributed by atoms with E-state index in [0.717, 1.165) is 39.6 Å². The van der Waals surface area contributed by atoms with E-state index in [4.69, 9.17) is 14.5 Å². The molecule has 1 aromatic carbocycles. The molecule has 2 aliphatic heterocycles. The number of pyridine rings is 2. The van der Waals surface area contributed by atoms with Crippen molar-refractivity contribution in [3.63, 3.8) is 0 Å². The molecule has 0 unspecified atom stereocenters. The molecular weight excluding hydrogens is 505 g/mol. The Kier molecular flexibility index (Phi) is 5.83. The molecule has 5 rings (SSSR count). The van der Waals surface area contributed by atoms with Crippen molar-refractivity contribution in [2.45, 2.75) is 68.0 Å². The molecule has 35 heavy (non-hydrogen) atoms. The van der Waals surface area contributed by atoms with Gasteiger partial charge in [0.2, 0.25) is 0 Å². The van der Waals surface area contributed by atoms with Crippen molar-refractivity contribution in [3.05, 3.63) is 56.9 Å². The van der Waals surface area contributed by atoms with E-state index in [2.05, 4.69) is 23.3 Å². The Bertz CT molecular complexity index is 1420. The molecule has 0 aliphatic carbocycles. The zero-order chi connectivity index (χ0) is 25.1. The van der Waals surface area contributed by atoms with E-state index in [-0.39, 0.29) is 18.6 Å². The summed E-state index contributed by atoms with van der Waals surface area (Å²) in [5.41, 5.74) is 3.17. The maximum absolute atomic E-state index is 13.6. The van der Waals surface area contributed by atoms with Crippen LogP contribution in [0.2, 0.25) is 22.5 Å². The second-order valence-electron chi connectivity index (χ2n) is 10.7. The number of carbonyl (C=O) groups excluding carboxylic acids is 1. The van der Waals surface area contributed by atoms with Gasteiger partial charge in [0, 0.05) is 0 Å². The van der Waals surface area contributed by atoms with Crippen LogP contribution < -0.4 is 10.3 Å². The number of aryl methyl sites for hydroxylation is 1. The summed E-state index contributed by atoms with van der Waals surface area (Å²) in [6.45, 7) is 4.57. The van der Waals surface area contributed by atoms with Crippen LogP contribution in [0.3, 0.4) is 0 Å². The van der Waals surface area contributed by atoms with Crippen LogP contribution in [0.25, 0.3) is 22.3 Å². The fourth-order valence-corrected chi connectivity index (χ4v) is 7.28. The summed E-state index contributed by atoms with van der Waals surface area (Å²) < 4.78 is 12.7. The third-order valence-electron chi connectivity index (χ3n) is 7.21. The number of hydrogen-bond donors (Lipinski definition) is 1. The van der Waals surface area contributed by atoms with Crippen molar-refractivity contribution in [3.8, 4) is 17.1 Å². The number of esters is 1. The minimum atomic E-state index is -1.86. The van der Waals surface area contributed by atoms with Gasteiger partial charge in [0.25, 0.3) is 0 Å². The van der Waals surface area contributed by atoms with Crippen molar-refractivity contribution < 1.29 is 19.4 Å². The van der Waals surface area contributed by atoms with Crippen molar-refractivity contribution in [2.75, 3.05) is 6.61 Å². The van der Waals surface area contributed by atoms with Crippen LogP contribution in [0, 0.1) is 0 Å². The van der Waals surface area contributed by atoms with Gasteiger partial charge in [0.15, 0.2) is 0 Å². The fraction of sp³-hybridized carbons (Fsp3) is 0.444. The quantitative estimate of drug-likeness (QED) is 0.291. The van der Waals surface area contributed by atoms with E-state index in [1.807, 2.05) is 19.1 Å². The van der Waals surface area contributed by atoms with Crippen LogP contribution >= 0.6 is 0 Å². The molecule has 8 heteroatoms. The Morgan fingerprint density at radius 3 is 2.63 bits per heavy atom. The van der Waals surface area contributed by atoms with Crippen LogP contribution in [0.5, 0.6) is 5.75 Å². The normalized spacial score (nSPS) is 18.7. The van der Waals surface area contributed by atoms with Gasteiger partial charge in [0.05, 0.1) is 0 Å². The van der Waals surface area contributed by atoms with Crippen LogP contribution in [0.15, 0.2) is 29.1 Å².